The molecule has 0 bridgehead atoms. The van der Waals surface area contributed by atoms with Crippen LogP contribution in [0.3, 0.4) is 0 Å². The fourth-order valence-electron chi connectivity index (χ4n) is 2.50. The average Bonchev–Trinajstić information content (AvgIpc) is 3.11. The lowest BCUT2D eigenvalue weighted by atomic mass is 10.2. The largest absolute Gasteiger partial charge is 0.338 e. The molecule has 1 aromatic carbocycles. The quantitative estimate of drug-likeness (QED) is 0.891. The molecule has 0 unspecified atom stereocenters. The van der Waals surface area contributed by atoms with Crippen LogP contribution in [0.5, 0.6) is 0 Å². The summed E-state index contributed by atoms with van der Waals surface area (Å²) in [5.41, 5.74) is 1.79. The Morgan fingerprint density at radius 3 is 2.74 bits per heavy atom. The van der Waals surface area contributed by atoms with Crippen molar-refractivity contribution in [3.05, 3.63) is 40.5 Å². The van der Waals surface area contributed by atoms with E-state index in [-0.39, 0.29) is 17.1 Å². The Bertz CT molecular complexity index is 828. The van der Waals surface area contributed by atoms with Gasteiger partial charge in [-0.2, -0.15) is 0 Å². The van der Waals surface area contributed by atoms with Gasteiger partial charge in [-0.15, -0.1) is 0 Å². The van der Waals surface area contributed by atoms with E-state index in [0.717, 1.165) is 30.5 Å². The molecule has 1 aliphatic carbocycles. The number of nitrogens with one attached hydrogen (secondary N) is 1. The van der Waals surface area contributed by atoms with Crippen molar-refractivity contribution in [1.82, 2.24) is 5.16 Å². The summed E-state index contributed by atoms with van der Waals surface area (Å²) in [4.78, 5) is 12.1. The third-order valence-electron chi connectivity index (χ3n) is 3.73. The van der Waals surface area contributed by atoms with Crippen LogP contribution in [0.4, 0.5) is 5.88 Å². The van der Waals surface area contributed by atoms with Crippen molar-refractivity contribution in [1.29, 1.82) is 0 Å². The summed E-state index contributed by atoms with van der Waals surface area (Å²) in [6, 6.07) is 5.87. The molecule has 8 heteroatoms. The molecule has 1 aromatic heterocycles. The van der Waals surface area contributed by atoms with Crippen LogP contribution in [-0.4, -0.2) is 25.2 Å². The van der Waals surface area contributed by atoms with Gasteiger partial charge in [0.05, 0.1) is 16.3 Å². The van der Waals surface area contributed by atoms with Gasteiger partial charge in [-0.1, -0.05) is 16.8 Å². The molecule has 0 radical (unpaired) electrons. The second-order valence-electron chi connectivity index (χ2n) is 5.36. The summed E-state index contributed by atoms with van der Waals surface area (Å²) in [5, 5.41) is 6.95. The predicted octanol–water partition coefficient (Wildman–Crippen LogP) is 2.62. The maximum absolute atomic E-state index is 12.2. The molecule has 1 heterocycles. The fourth-order valence-corrected chi connectivity index (χ4v) is 3.87. The maximum atomic E-state index is 12.2. The number of amides is 1. The van der Waals surface area contributed by atoms with Gasteiger partial charge in [0.1, 0.15) is 0 Å². The van der Waals surface area contributed by atoms with Gasteiger partial charge in [0.15, 0.2) is 9.84 Å². The number of hydrogen-bond acceptors (Lipinski definition) is 5. The van der Waals surface area contributed by atoms with Crippen LogP contribution >= 0.6 is 11.6 Å². The maximum Gasteiger partial charge on any atom is 0.234 e. The van der Waals surface area contributed by atoms with Crippen LogP contribution in [0.1, 0.15) is 24.1 Å². The minimum Gasteiger partial charge on any atom is -0.338 e. The van der Waals surface area contributed by atoms with Gasteiger partial charge in [0.2, 0.25) is 11.8 Å². The number of carbonyl (C=O) groups excluding carboxylic acids is 1. The number of rotatable bonds is 5. The minimum atomic E-state index is -3.53. The SMILES string of the molecule is O=C(CCS(=O)(=O)c1ccc(Cl)cc1)Nc1onc2c1CCC2. The highest BCUT2D eigenvalue weighted by Gasteiger charge is 2.23. The number of fused-ring (bicyclic) bond motifs is 1. The van der Waals surface area contributed by atoms with E-state index in [1.165, 1.54) is 24.3 Å². The van der Waals surface area contributed by atoms with Crippen molar-refractivity contribution >= 4 is 33.2 Å². The van der Waals surface area contributed by atoms with Crippen molar-refractivity contribution in [3.8, 4) is 0 Å². The van der Waals surface area contributed by atoms with E-state index in [4.69, 9.17) is 16.1 Å². The minimum absolute atomic E-state index is 0.148. The second-order valence-corrected chi connectivity index (χ2v) is 7.91. The van der Waals surface area contributed by atoms with E-state index in [1.54, 1.807) is 0 Å². The number of sulfone groups is 1. The molecular weight excluding hydrogens is 340 g/mol. The molecule has 2 aromatic rings. The van der Waals surface area contributed by atoms with E-state index < -0.39 is 15.7 Å². The lowest BCUT2D eigenvalue weighted by Gasteiger charge is -2.05. The lowest BCUT2D eigenvalue weighted by Crippen LogP contribution is -2.17. The fraction of sp³-hybridized carbons (Fsp3) is 0.333. The first-order chi connectivity index (χ1) is 11.0. The third kappa shape index (κ3) is 3.56. The molecule has 122 valence electrons. The monoisotopic (exact) mass is 354 g/mol. The number of hydrogen-bond donors (Lipinski definition) is 1. The number of anilines is 1. The van der Waals surface area contributed by atoms with Gasteiger partial charge in [0, 0.05) is 17.0 Å². The Hall–Kier alpha value is -1.86. The molecule has 0 fully saturated rings. The molecule has 6 nitrogen and oxygen atoms in total. The number of aryl methyl sites for hydroxylation is 1. The van der Waals surface area contributed by atoms with Gasteiger partial charge in [-0.05, 0) is 43.5 Å². The number of halogens is 1. The summed E-state index contributed by atoms with van der Waals surface area (Å²) in [6.07, 6.45) is 2.50. The highest BCUT2D eigenvalue weighted by molar-refractivity contribution is 7.91. The lowest BCUT2D eigenvalue weighted by molar-refractivity contribution is -0.116. The van der Waals surface area contributed by atoms with E-state index in [2.05, 4.69) is 10.5 Å². The van der Waals surface area contributed by atoms with Gasteiger partial charge < -0.3 is 4.52 Å². The smallest absolute Gasteiger partial charge is 0.234 e. The summed E-state index contributed by atoms with van der Waals surface area (Å²) >= 11 is 5.74. The van der Waals surface area contributed by atoms with E-state index in [9.17, 15) is 13.2 Å². The van der Waals surface area contributed by atoms with Crippen molar-refractivity contribution in [2.24, 2.45) is 0 Å². The zero-order valence-corrected chi connectivity index (χ0v) is 13.8. The topological polar surface area (TPSA) is 89.3 Å². The highest BCUT2D eigenvalue weighted by atomic mass is 35.5. The number of carbonyl (C=O) groups is 1. The molecule has 1 aliphatic rings. The van der Waals surface area contributed by atoms with Crippen LogP contribution in [0.15, 0.2) is 33.7 Å². The molecule has 0 saturated heterocycles. The Balaban J connectivity index is 1.61. The Morgan fingerprint density at radius 2 is 2.00 bits per heavy atom. The van der Waals surface area contributed by atoms with Crippen LogP contribution in [0.25, 0.3) is 0 Å². The Kier molecular flexibility index (Phi) is 4.41. The van der Waals surface area contributed by atoms with E-state index >= 15 is 0 Å². The Labute approximate surface area is 138 Å². The summed E-state index contributed by atoms with van der Waals surface area (Å²) in [6.45, 7) is 0. The van der Waals surface area contributed by atoms with E-state index in [0.29, 0.717) is 10.9 Å². The number of benzene rings is 1. The van der Waals surface area contributed by atoms with E-state index in [1.807, 2.05) is 0 Å². The van der Waals surface area contributed by atoms with Gasteiger partial charge >= 0.3 is 0 Å². The molecule has 23 heavy (non-hydrogen) atoms. The molecule has 3 rings (SSSR count). The standard InChI is InChI=1S/C15H15ClN2O4S/c16-10-4-6-11(7-5-10)23(20,21)9-8-14(19)17-15-12-2-1-3-13(12)18-22-15/h4-7H,1-3,8-9H2,(H,17,19). The van der Waals surface area contributed by atoms with Crippen LogP contribution in [0, 0.1) is 0 Å². The van der Waals surface area contributed by atoms with Crippen LogP contribution in [-0.2, 0) is 27.5 Å². The number of aromatic nitrogens is 1. The first-order valence-corrected chi connectivity index (χ1v) is 9.24. The predicted molar refractivity (Wildman–Crippen MR) is 85.3 cm³/mol. The highest BCUT2D eigenvalue weighted by Crippen LogP contribution is 2.28. The zero-order chi connectivity index (χ0) is 16.4. The average molecular weight is 355 g/mol. The zero-order valence-electron chi connectivity index (χ0n) is 12.2. The third-order valence-corrected chi connectivity index (χ3v) is 5.72. The summed E-state index contributed by atoms with van der Waals surface area (Å²) in [5.74, 6) is -0.351. The molecular formula is C15H15ClN2O4S. The first-order valence-electron chi connectivity index (χ1n) is 7.21. The van der Waals surface area contributed by atoms with Gasteiger partial charge in [-0.25, -0.2) is 8.42 Å². The molecule has 0 saturated carbocycles. The molecule has 0 spiro atoms. The van der Waals surface area contributed by atoms with Crippen molar-refractivity contribution in [2.45, 2.75) is 30.6 Å². The normalized spacial score (nSPS) is 13.8. The summed E-state index contributed by atoms with van der Waals surface area (Å²) < 4.78 is 29.4. The molecule has 1 amide bonds. The number of nitrogens with zero attached hydrogens (tertiary/aromatic N) is 1. The van der Waals surface area contributed by atoms with Crippen molar-refractivity contribution in [2.75, 3.05) is 11.1 Å². The van der Waals surface area contributed by atoms with Gasteiger partial charge in [0.25, 0.3) is 0 Å². The second kappa shape index (κ2) is 6.33. The molecule has 0 atom stereocenters. The van der Waals surface area contributed by atoms with Crippen LogP contribution in [0.2, 0.25) is 5.02 Å². The van der Waals surface area contributed by atoms with Crippen molar-refractivity contribution in [3.63, 3.8) is 0 Å². The Morgan fingerprint density at radius 1 is 1.26 bits per heavy atom. The molecule has 1 N–H and O–H groups in total. The first kappa shape index (κ1) is 16.0. The van der Waals surface area contributed by atoms with Gasteiger partial charge in [-0.3, -0.25) is 10.1 Å². The summed E-state index contributed by atoms with van der Waals surface area (Å²) in [7, 11) is -3.53. The van der Waals surface area contributed by atoms with Crippen LogP contribution < -0.4 is 5.32 Å². The van der Waals surface area contributed by atoms with Crippen molar-refractivity contribution < 1.29 is 17.7 Å². The molecule has 0 aliphatic heterocycles.